The van der Waals surface area contributed by atoms with Crippen LogP contribution in [0.15, 0.2) is 59.8 Å². The summed E-state index contributed by atoms with van der Waals surface area (Å²) in [4.78, 5) is 16.6. The molecule has 0 bridgehead atoms. The number of hydrogen-bond donors (Lipinski definition) is 1. The number of hydrogen-bond acceptors (Lipinski definition) is 7. The van der Waals surface area contributed by atoms with Crippen molar-refractivity contribution in [2.45, 2.75) is 20.4 Å². The maximum atomic E-state index is 14.3. The Kier molecular flexibility index (Phi) is 5.33. The first kappa shape index (κ1) is 21.4. The highest BCUT2D eigenvalue weighted by atomic mass is 19.1. The number of nitrogens with one attached hydrogen (secondary N) is 1. The minimum atomic E-state index is -0.715. The second kappa shape index (κ2) is 8.47. The molecule has 0 aliphatic carbocycles. The Morgan fingerprint density at radius 2 is 1.85 bits per heavy atom. The fraction of sp³-hybridized carbons (Fsp3) is 0.167. The van der Waals surface area contributed by atoms with Gasteiger partial charge in [0.1, 0.15) is 0 Å². The fourth-order valence-corrected chi connectivity index (χ4v) is 3.87. The molecule has 5 aromatic rings. The van der Waals surface area contributed by atoms with Gasteiger partial charge in [0, 0.05) is 31.0 Å². The number of fused-ring (bicyclic) bond motifs is 1. The van der Waals surface area contributed by atoms with Gasteiger partial charge in [0.05, 0.1) is 18.0 Å². The molecule has 0 radical (unpaired) electrons. The van der Waals surface area contributed by atoms with Gasteiger partial charge in [-0.05, 0) is 54.3 Å². The molecule has 170 valence electrons. The van der Waals surface area contributed by atoms with E-state index in [1.54, 1.807) is 6.07 Å². The Balaban J connectivity index is 1.38. The molecule has 34 heavy (non-hydrogen) atoms. The summed E-state index contributed by atoms with van der Waals surface area (Å²) >= 11 is 0. The van der Waals surface area contributed by atoms with Gasteiger partial charge in [-0.3, -0.25) is 9.78 Å². The SMILES string of the molecule is Cc1cc(-c2ccc(CNc3nnc4cc(-c5c(F)cnn(C)c5=O)cnn34)cc2C)ccn1. The lowest BCUT2D eigenvalue weighted by Gasteiger charge is -2.10. The van der Waals surface area contributed by atoms with E-state index < -0.39 is 11.4 Å². The lowest BCUT2D eigenvalue weighted by molar-refractivity contribution is 0.590. The van der Waals surface area contributed by atoms with Crippen LogP contribution in [0.5, 0.6) is 0 Å². The molecule has 4 heterocycles. The third-order valence-corrected chi connectivity index (χ3v) is 5.59. The van der Waals surface area contributed by atoms with Crippen molar-refractivity contribution in [2.75, 3.05) is 5.32 Å². The topological polar surface area (TPSA) is 103 Å². The molecule has 0 fully saturated rings. The van der Waals surface area contributed by atoms with E-state index >= 15 is 0 Å². The maximum Gasteiger partial charge on any atom is 0.277 e. The molecule has 0 aliphatic heterocycles. The van der Waals surface area contributed by atoms with Gasteiger partial charge in [0.15, 0.2) is 11.5 Å². The Labute approximate surface area is 193 Å². The van der Waals surface area contributed by atoms with E-state index in [1.165, 1.54) is 17.8 Å². The third kappa shape index (κ3) is 3.90. The van der Waals surface area contributed by atoms with Gasteiger partial charge in [-0.1, -0.05) is 18.2 Å². The quantitative estimate of drug-likeness (QED) is 0.433. The molecular formula is C24H21FN8O. The zero-order chi connectivity index (χ0) is 23.8. The van der Waals surface area contributed by atoms with Crippen LogP contribution in [-0.4, -0.2) is 34.6 Å². The first-order chi connectivity index (χ1) is 16.4. The normalized spacial score (nSPS) is 11.2. The van der Waals surface area contributed by atoms with Crippen molar-refractivity contribution in [3.63, 3.8) is 0 Å². The second-order valence-electron chi connectivity index (χ2n) is 8.02. The molecule has 0 amide bonds. The predicted octanol–water partition coefficient (Wildman–Crippen LogP) is 3.32. The van der Waals surface area contributed by atoms with E-state index in [1.807, 2.05) is 19.2 Å². The second-order valence-corrected chi connectivity index (χ2v) is 8.02. The molecule has 0 saturated heterocycles. The van der Waals surface area contributed by atoms with Crippen molar-refractivity contribution in [2.24, 2.45) is 7.05 Å². The highest BCUT2D eigenvalue weighted by molar-refractivity contribution is 5.68. The average molecular weight is 456 g/mol. The molecule has 0 atom stereocenters. The van der Waals surface area contributed by atoms with E-state index in [2.05, 4.69) is 61.9 Å². The van der Waals surface area contributed by atoms with Gasteiger partial charge in [-0.25, -0.2) is 9.07 Å². The van der Waals surface area contributed by atoms with Gasteiger partial charge in [0.2, 0.25) is 5.95 Å². The smallest absolute Gasteiger partial charge is 0.277 e. The predicted molar refractivity (Wildman–Crippen MR) is 126 cm³/mol. The number of pyridine rings is 1. The Hall–Kier alpha value is -4.47. The zero-order valence-corrected chi connectivity index (χ0v) is 18.8. The lowest BCUT2D eigenvalue weighted by atomic mass is 9.99. The summed E-state index contributed by atoms with van der Waals surface area (Å²) < 4.78 is 16.8. The number of nitrogens with zero attached hydrogens (tertiary/aromatic N) is 7. The fourth-order valence-electron chi connectivity index (χ4n) is 3.87. The van der Waals surface area contributed by atoms with Gasteiger partial charge in [-0.2, -0.15) is 14.7 Å². The monoisotopic (exact) mass is 456 g/mol. The number of anilines is 1. The highest BCUT2D eigenvalue weighted by Gasteiger charge is 2.15. The molecule has 10 heteroatoms. The van der Waals surface area contributed by atoms with Crippen LogP contribution < -0.4 is 10.9 Å². The van der Waals surface area contributed by atoms with E-state index in [0.29, 0.717) is 23.7 Å². The standard InChI is InChI=1S/C24H21FN8O/c1-14-8-16(4-5-19(14)17-6-7-26-15(2)9-17)11-27-24-31-30-21-10-18(12-29-33(21)24)22-20(25)13-28-32(3)23(22)34/h4-10,12-13H,11H2,1-3H3,(H,27,31). The molecular weight excluding hydrogens is 435 g/mol. The summed E-state index contributed by atoms with van der Waals surface area (Å²) in [6.07, 6.45) is 4.23. The highest BCUT2D eigenvalue weighted by Crippen LogP contribution is 2.25. The van der Waals surface area contributed by atoms with Crippen molar-refractivity contribution in [1.82, 2.24) is 34.6 Å². The molecule has 0 unspecified atom stereocenters. The molecule has 9 nitrogen and oxygen atoms in total. The van der Waals surface area contributed by atoms with Crippen LogP contribution in [0.3, 0.4) is 0 Å². The van der Waals surface area contributed by atoms with Crippen LogP contribution in [0.2, 0.25) is 0 Å². The average Bonchev–Trinajstić information content (AvgIpc) is 3.23. The Morgan fingerprint density at radius 3 is 2.65 bits per heavy atom. The summed E-state index contributed by atoms with van der Waals surface area (Å²) in [5.74, 6) is -0.274. The summed E-state index contributed by atoms with van der Waals surface area (Å²) in [6.45, 7) is 4.57. The van der Waals surface area contributed by atoms with Crippen LogP contribution in [0.1, 0.15) is 16.8 Å². The van der Waals surface area contributed by atoms with Gasteiger partial charge in [-0.15, -0.1) is 10.2 Å². The largest absolute Gasteiger partial charge is 0.349 e. The first-order valence-electron chi connectivity index (χ1n) is 10.6. The third-order valence-electron chi connectivity index (χ3n) is 5.59. The molecule has 4 aromatic heterocycles. The Morgan fingerprint density at radius 1 is 1.00 bits per heavy atom. The number of aryl methyl sites for hydroxylation is 3. The van der Waals surface area contributed by atoms with E-state index in [-0.39, 0.29) is 5.56 Å². The van der Waals surface area contributed by atoms with Crippen molar-refractivity contribution < 1.29 is 4.39 Å². The van der Waals surface area contributed by atoms with E-state index in [0.717, 1.165) is 38.8 Å². The molecule has 5 rings (SSSR count). The van der Waals surface area contributed by atoms with Crippen LogP contribution >= 0.6 is 0 Å². The number of aromatic nitrogens is 7. The van der Waals surface area contributed by atoms with Gasteiger partial charge < -0.3 is 5.32 Å². The van der Waals surface area contributed by atoms with Gasteiger partial charge in [0.25, 0.3) is 5.56 Å². The number of halogens is 1. The van der Waals surface area contributed by atoms with Crippen molar-refractivity contribution in [3.8, 4) is 22.3 Å². The molecule has 0 saturated carbocycles. The van der Waals surface area contributed by atoms with Crippen molar-refractivity contribution in [1.29, 1.82) is 0 Å². The van der Waals surface area contributed by atoms with Crippen molar-refractivity contribution >= 4 is 11.6 Å². The Bertz CT molecular complexity index is 1590. The maximum absolute atomic E-state index is 14.3. The minimum absolute atomic E-state index is 0.107. The summed E-state index contributed by atoms with van der Waals surface area (Å²) in [6, 6.07) is 11.9. The van der Waals surface area contributed by atoms with Crippen LogP contribution in [0.4, 0.5) is 10.3 Å². The zero-order valence-electron chi connectivity index (χ0n) is 18.8. The summed E-state index contributed by atoms with van der Waals surface area (Å²) in [5.41, 5.74) is 5.53. The molecule has 0 aliphatic rings. The van der Waals surface area contributed by atoms with E-state index in [4.69, 9.17) is 0 Å². The lowest BCUT2D eigenvalue weighted by Crippen LogP contribution is -2.22. The van der Waals surface area contributed by atoms with Crippen LogP contribution in [0, 0.1) is 19.7 Å². The summed E-state index contributed by atoms with van der Waals surface area (Å²) in [7, 11) is 1.46. The van der Waals surface area contributed by atoms with Crippen LogP contribution in [0.25, 0.3) is 27.9 Å². The number of rotatable bonds is 5. The summed E-state index contributed by atoms with van der Waals surface area (Å²) in [5, 5.41) is 19.5. The molecule has 0 spiro atoms. The van der Waals surface area contributed by atoms with E-state index in [9.17, 15) is 9.18 Å². The molecule has 1 N–H and O–H groups in total. The van der Waals surface area contributed by atoms with Crippen molar-refractivity contribution in [3.05, 3.63) is 88.0 Å². The molecule has 1 aromatic carbocycles. The van der Waals surface area contributed by atoms with Gasteiger partial charge >= 0.3 is 0 Å². The number of benzene rings is 1. The minimum Gasteiger partial charge on any atom is -0.349 e. The first-order valence-corrected chi connectivity index (χ1v) is 10.6. The van der Waals surface area contributed by atoms with Crippen LogP contribution in [-0.2, 0) is 13.6 Å².